The topological polar surface area (TPSA) is 25.8 Å². The molecule has 89 valence electrons. The number of hydrogen-bond acceptors (Lipinski definition) is 2. The van der Waals surface area contributed by atoms with E-state index in [1.54, 1.807) is 0 Å². The van der Waals surface area contributed by atoms with Gasteiger partial charge in [-0.3, -0.25) is 0 Å². The highest BCUT2D eigenvalue weighted by Gasteiger charge is 2.74. The molecule has 0 aromatic carbocycles. The zero-order chi connectivity index (χ0) is 12.6. The Hall–Kier alpha value is -1.41. The van der Waals surface area contributed by atoms with Gasteiger partial charge in [0.25, 0.3) is 0 Å². The number of halogens is 7. The van der Waals surface area contributed by atoms with Crippen molar-refractivity contribution in [1.82, 2.24) is 9.97 Å². The minimum Gasteiger partial charge on any atom is -0.234 e. The molecule has 1 aromatic heterocycles. The summed E-state index contributed by atoms with van der Waals surface area (Å²) in [6.45, 7) is 0. The van der Waals surface area contributed by atoms with Gasteiger partial charge in [0.15, 0.2) is 6.33 Å². The van der Waals surface area contributed by atoms with Crippen molar-refractivity contribution in [3.05, 3.63) is 24.3 Å². The predicted molar refractivity (Wildman–Crippen MR) is 35.8 cm³/mol. The summed E-state index contributed by atoms with van der Waals surface area (Å²) in [7, 11) is 0. The van der Waals surface area contributed by atoms with Gasteiger partial charge >= 0.3 is 18.0 Å². The molecule has 1 rings (SSSR count). The maximum absolute atomic E-state index is 12.8. The molecule has 1 aromatic rings. The van der Waals surface area contributed by atoms with Crippen LogP contribution in [0.2, 0.25) is 0 Å². The van der Waals surface area contributed by atoms with Crippen LogP contribution < -0.4 is 0 Å². The summed E-state index contributed by atoms with van der Waals surface area (Å²) in [6.07, 6.45) is -4.28. The molecular weight excluding hydrogens is 245 g/mol. The summed E-state index contributed by atoms with van der Waals surface area (Å²) >= 11 is 0. The second-order valence-corrected chi connectivity index (χ2v) is 2.69. The lowest BCUT2D eigenvalue weighted by Crippen LogP contribution is -2.50. The number of hydrogen-bond donors (Lipinski definition) is 0. The fourth-order valence-electron chi connectivity index (χ4n) is 0.775. The Balaban J connectivity index is 3.22. The van der Waals surface area contributed by atoms with E-state index in [1.165, 1.54) is 6.33 Å². The Labute approximate surface area is 84.1 Å². The summed E-state index contributed by atoms with van der Waals surface area (Å²) in [6, 6.07) is 0.260. The average Bonchev–Trinajstić information content (AvgIpc) is 2.17. The highest BCUT2D eigenvalue weighted by atomic mass is 19.4. The molecule has 1 heterocycles. The zero-order valence-electron chi connectivity index (χ0n) is 7.19. The van der Waals surface area contributed by atoms with E-state index in [4.69, 9.17) is 0 Å². The van der Waals surface area contributed by atoms with Crippen molar-refractivity contribution >= 4 is 0 Å². The molecule has 2 nitrogen and oxygen atoms in total. The van der Waals surface area contributed by atoms with Gasteiger partial charge in [-0.2, -0.15) is 30.7 Å². The highest BCUT2D eigenvalue weighted by molar-refractivity contribution is 5.12. The Kier molecular flexibility index (Phi) is 2.82. The molecule has 0 amide bonds. The van der Waals surface area contributed by atoms with Crippen molar-refractivity contribution < 1.29 is 30.7 Å². The molecule has 0 saturated carbocycles. The van der Waals surface area contributed by atoms with Gasteiger partial charge in [0, 0.05) is 6.20 Å². The van der Waals surface area contributed by atoms with Gasteiger partial charge in [0.1, 0.15) is 5.69 Å². The standard InChI is InChI=1S/C7H2F7N2/c8-5(9,4-1-2-15-3-16-4)6(10,11)7(12,13)14/h1-2H. The largest absolute Gasteiger partial charge is 0.460 e. The lowest BCUT2D eigenvalue weighted by molar-refractivity contribution is -0.360. The van der Waals surface area contributed by atoms with Gasteiger partial charge in [-0.1, -0.05) is 0 Å². The second kappa shape index (κ2) is 3.56. The smallest absolute Gasteiger partial charge is 0.234 e. The highest BCUT2D eigenvalue weighted by Crippen LogP contribution is 2.50. The van der Waals surface area contributed by atoms with Crippen LogP contribution in [0.3, 0.4) is 0 Å². The van der Waals surface area contributed by atoms with Crippen LogP contribution in [0.25, 0.3) is 0 Å². The third kappa shape index (κ3) is 1.81. The number of alkyl halides is 7. The molecule has 16 heavy (non-hydrogen) atoms. The quantitative estimate of drug-likeness (QED) is 0.750. The van der Waals surface area contributed by atoms with Crippen LogP contribution in [-0.4, -0.2) is 22.1 Å². The molecule has 0 aliphatic rings. The van der Waals surface area contributed by atoms with Crippen LogP contribution >= 0.6 is 0 Å². The van der Waals surface area contributed by atoms with Crippen molar-refractivity contribution in [3.63, 3.8) is 0 Å². The number of aromatic nitrogens is 2. The minimum atomic E-state index is -6.37. The van der Waals surface area contributed by atoms with Gasteiger partial charge in [-0.15, -0.1) is 0 Å². The summed E-state index contributed by atoms with van der Waals surface area (Å²) in [4.78, 5) is 5.57. The SMILES string of the molecule is FC(F)(F)C(F)(F)C(F)(F)c1ccn[c]n1. The number of nitrogens with zero attached hydrogens (tertiary/aromatic N) is 2. The maximum Gasteiger partial charge on any atom is 0.460 e. The lowest BCUT2D eigenvalue weighted by atomic mass is 10.1. The molecule has 9 heteroatoms. The van der Waals surface area contributed by atoms with E-state index < -0.39 is 23.7 Å². The summed E-state index contributed by atoms with van der Waals surface area (Å²) < 4.78 is 85.8. The predicted octanol–water partition coefficient (Wildman–Crippen LogP) is 2.57. The van der Waals surface area contributed by atoms with E-state index in [0.717, 1.165) is 0 Å². The Morgan fingerprint density at radius 2 is 1.56 bits per heavy atom. The van der Waals surface area contributed by atoms with Crippen LogP contribution in [0.1, 0.15) is 5.69 Å². The first-order valence-corrected chi connectivity index (χ1v) is 3.62. The monoisotopic (exact) mass is 247 g/mol. The molecule has 0 aliphatic carbocycles. The van der Waals surface area contributed by atoms with E-state index in [0.29, 0.717) is 6.20 Å². The molecule has 0 spiro atoms. The fraction of sp³-hybridized carbons (Fsp3) is 0.429. The summed E-state index contributed by atoms with van der Waals surface area (Å²) in [5.41, 5.74) is -1.75. The third-order valence-electron chi connectivity index (χ3n) is 1.61. The fourth-order valence-corrected chi connectivity index (χ4v) is 0.775. The van der Waals surface area contributed by atoms with E-state index in [9.17, 15) is 30.7 Å². The van der Waals surface area contributed by atoms with Crippen LogP contribution in [0, 0.1) is 6.33 Å². The van der Waals surface area contributed by atoms with Crippen LogP contribution in [0.15, 0.2) is 12.3 Å². The van der Waals surface area contributed by atoms with Gasteiger partial charge in [-0.05, 0) is 6.07 Å². The Morgan fingerprint density at radius 3 is 1.94 bits per heavy atom. The van der Waals surface area contributed by atoms with Gasteiger partial charge < -0.3 is 0 Å². The normalized spacial score (nSPS) is 13.9. The zero-order valence-corrected chi connectivity index (χ0v) is 7.19. The molecular formula is C7H2F7N2. The summed E-state index contributed by atoms with van der Waals surface area (Å²) in [5, 5.41) is 0. The van der Waals surface area contributed by atoms with E-state index in [2.05, 4.69) is 9.97 Å². The molecule has 1 radical (unpaired) electrons. The van der Waals surface area contributed by atoms with Gasteiger partial charge in [0.05, 0.1) is 0 Å². The van der Waals surface area contributed by atoms with Crippen molar-refractivity contribution in [1.29, 1.82) is 0 Å². The van der Waals surface area contributed by atoms with E-state index in [-0.39, 0.29) is 6.07 Å². The van der Waals surface area contributed by atoms with Crippen molar-refractivity contribution in [2.24, 2.45) is 0 Å². The van der Waals surface area contributed by atoms with Crippen molar-refractivity contribution in [2.75, 3.05) is 0 Å². The van der Waals surface area contributed by atoms with Gasteiger partial charge in [0.2, 0.25) is 0 Å². The Morgan fingerprint density at radius 1 is 1.00 bits per heavy atom. The molecule has 0 atom stereocenters. The molecule has 0 N–H and O–H groups in total. The first kappa shape index (κ1) is 12.7. The molecule has 0 saturated heterocycles. The maximum atomic E-state index is 12.8. The van der Waals surface area contributed by atoms with Crippen LogP contribution in [-0.2, 0) is 5.92 Å². The third-order valence-corrected chi connectivity index (χ3v) is 1.61. The molecule has 0 bridgehead atoms. The van der Waals surface area contributed by atoms with Crippen molar-refractivity contribution in [3.8, 4) is 0 Å². The summed E-state index contributed by atoms with van der Waals surface area (Å²) in [5.74, 6) is -11.7. The molecule has 0 aliphatic heterocycles. The number of rotatable bonds is 2. The Bertz CT molecular complexity index is 359. The lowest BCUT2D eigenvalue weighted by Gasteiger charge is -2.27. The minimum absolute atomic E-state index is 0.260. The molecule has 0 fully saturated rings. The first-order chi connectivity index (χ1) is 7.11. The van der Waals surface area contributed by atoms with Crippen LogP contribution in [0.4, 0.5) is 30.7 Å². The van der Waals surface area contributed by atoms with E-state index >= 15 is 0 Å². The van der Waals surface area contributed by atoms with Crippen molar-refractivity contribution in [2.45, 2.75) is 18.0 Å². The molecule has 0 unspecified atom stereocenters. The van der Waals surface area contributed by atoms with E-state index in [1.807, 2.05) is 0 Å². The second-order valence-electron chi connectivity index (χ2n) is 2.69. The van der Waals surface area contributed by atoms with Crippen LogP contribution in [0.5, 0.6) is 0 Å². The average molecular weight is 247 g/mol. The first-order valence-electron chi connectivity index (χ1n) is 3.62. The van der Waals surface area contributed by atoms with Gasteiger partial charge in [-0.25, -0.2) is 9.97 Å².